The summed E-state index contributed by atoms with van der Waals surface area (Å²) in [5.74, 6) is 2.00. The molecule has 0 radical (unpaired) electrons. The molecular weight excluding hydrogens is 452 g/mol. The molecule has 1 aromatic heterocycles. The lowest BCUT2D eigenvalue weighted by Gasteiger charge is -2.20. The van der Waals surface area contributed by atoms with Crippen molar-refractivity contribution < 1.29 is 19.0 Å². The third-order valence-electron chi connectivity index (χ3n) is 6.68. The number of carbonyl (C=O) groups is 1. The maximum atomic E-state index is 13.2. The molecule has 4 aromatic rings. The van der Waals surface area contributed by atoms with E-state index in [9.17, 15) is 4.79 Å². The van der Waals surface area contributed by atoms with Gasteiger partial charge < -0.3 is 24.5 Å². The summed E-state index contributed by atoms with van der Waals surface area (Å²) in [5.41, 5.74) is 5.55. The highest BCUT2D eigenvalue weighted by molar-refractivity contribution is 5.88. The van der Waals surface area contributed by atoms with E-state index in [-0.39, 0.29) is 11.8 Å². The molecule has 1 amide bonds. The number of aryl methyl sites for hydroxylation is 1. The van der Waals surface area contributed by atoms with E-state index in [1.54, 1.807) is 21.3 Å². The molecule has 0 bridgehead atoms. The molecule has 0 aliphatic carbocycles. The highest BCUT2D eigenvalue weighted by Gasteiger charge is 2.24. The monoisotopic (exact) mass is 486 g/mol. The number of amides is 1. The second kappa shape index (κ2) is 11.7. The molecule has 3 aromatic carbocycles. The van der Waals surface area contributed by atoms with Gasteiger partial charge in [0.2, 0.25) is 5.91 Å². The summed E-state index contributed by atoms with van der Waals surface area (Å²) in [7, 11) is 4.91. The highest BCUT2D eigenvalue weighted by Crippen LogP contribution is 2.38. The van der Waals surface area contributed by atoms with Gasteiger partial charge in [0, 0.05) is 41.5 Å². The number of methoxy groups -OCH3 is 3. The molecular formula is C30H34N2O4. The van der Waals surface area contributed by atoms with Gasteiger partial charge in [-0.15, -0.1) is 0 Å². The molecule has 0 saturated carbocycles. The van der Waals surface area contributed by atoms with Crippen molar-refractivity contribution in [2.45, 2.75) is 32.1 Å². The van der Waals surface area contributed by atoms with E-state index in [0.29, 0.717) is 30.9 Å². The fourth-order valence-electron chi connectivity index (χ4n) is 4.80. The molecule has 1 atom stereocenters. The van der Waals surface area contributed by atoms with Crippen LogP contribution in [0.2, 0.25) is 0 Å². The van der Waals surface area contributed by atoms with Crippen LogP contribution < -0.4 is 19.5 Å². The average molecular weight is 487 g/mol. The molecule has 0 unspecified atom stereocenters. The van der Waals surface area contributed by atoms with Gasteiger partial charge in [-0.25, -0.2) is 0 Å². The Morgan fingerprint density at radius 3 is 2.42 bits per heavy atom. The Balaban J connectivity index is 1.55. The number of nitrogens with one attached hydrogen (secondary N) is 2. The first-order chi connectivity index (χ1) is 17.6. The molecule has 188 valence electrons. The highest BCUT2D eigenvalue weighted by atomic mass is 16.5. The van der Waals surface area contributed by atoms with Gasteiger partial charge >= 0.3 is 0 Å². The Bertz CT molecular complexity index is 1330. The molecule has 4 rings (SSSR count). The van der Waals surface area contributed by atoms with Crippen LogP contribution in [0.5, 0.6) is 17.2 Å². The second-order valence-electron chi connectivity index (χ2n) is 8.73. The van der Waals surface area contributed by atoms with Gasteiger partial charge in [0.25, 0.3) is 0 Å². The molecule has 2 N–H and O–H groups in total. The number of H-pyrrole nitrogens is 1. The summed E-state index contributed by atoms with van der Waals surface area (Å²) in [6.07, 6.45) is 3.99. The van der Waals surface area contributed by atoms with Crippen LogP contribution in [0.4, 0.5) is 0 Å². The average Bonchev–Trinajstić information content (AvgIpc) is 3.35. The number of hydrogen-bond donors (Lipinski definition) is 2. The Kier molecular flexibility index (Phi) is 8.16. The molecule has 0 fully saturated rings. The van der Waals surface area contributed by atoms with E-state index in [1.165, 1.54) is 5.56 Å². The Labute approximate surface area is 212 Å². The number of hydrogen-bond acceptors (Lipinski definition) is 4. The Morgan fingerprint density at radius 1 is 0.889 bits per heavy atom. The van der Waals surface area contributed by atoms with E-state index < -0.39 is 0 Å². The van der Waals surface area contributed by atoms with Crippen molar-refractivity contribution in [1.82, 2.24) is 10.3 Å². The lowest BCUT2D eigenvalue weighted by atomic mass is 9.87. The molecule has 0 aliphatic heterocycles. The molecule has 1 heterocycles. The first-order valence-corrected chi connectivity index (χ1v) is 12.3. The van der Waals surface area contributed by atoms with Crippen molar-refractivity contribution in [1.29, 1.82) is 0 Å². The smallest absolute Gasteiger partial charge is 0.220 e. The summed E-state index contributed by atoms with van der Waals surface area (Å²) >= 11 is 0. The number of aromatic amines is 1. The number of fused-ring (bicyclic) bond motifs is 1. The zero-order valence-electron chi connectivity index (χ0n) is 21.4. The third-order valence-corrected chi connectivity index (χ3v) is 6.68. The van der Waals surface area contributed by atoms with Crippen molar-refractivity contribution in [2.75, 3.05) is 27.9 Å². The van der Waals surface area contributed by atoms with Crippen LogP contribution in [0, 0.1) is 0 Å². The van der Waals surface area contributed by atoms with Crippen LogP contribution in [-0.2, 0) is 17.6 Å². The van der Waals surface area contributed by atoms with Crippen LogP contribution >= 0.6 is 0 Å². The number of ether oxygens (including phenoxy) is 3. The summed E-state index contributed by atoms with van der Waals surface area (Å²) in [5, 5.41) is 4.25. The molecule has 0 aliphatic rings. The Hall–Kier alpha value is -3.93. The van der Waals surface area contributed by atoms with Crippen LogP contribution in [0.15, 0.2) is 66.9 Å². The first kappa shape index (κ1) is 25.2. The number of benzene rings is 3. The lowest BCUT2D eigenvalue weighted by molar-refractivity contribution is -0.121. The predicted molar refractivity (Wildman–Crippen MR) is 143 cm³/mol. The summed E-state index contributed by atoms with van der Waals surface area (Å²) in [4.78, 5) is 16.6. The molecule has 0 saturated heterocycles. The summed E-state index contributed by atoms with van der Waals surface area (Å²) in [6, 6.07) is 20.1. The molecule has 6 nitrogen and oxygen atoms in total. The Morgan fingerprint density at radius 2 is 1.67 bits per heavy atom. The molecule has 6 heteroatoms. The van der Waals surface area contributed by atoms with Crippen LogP contribution in [-0.4, -0.2) is 38.8 Å². The van der Waals surface area contributed by atoms with Gasteiger partial charge in [-0.2, -0.15) is 0 Å². The maximum absolute atomic E-state index is 13.2. The van der Waals surface area contributed by atoms with Gasteiger partial charge in [0.05, 0.1) is 21.3 Å². The van der Waals surface area contributed by atoms with Gasteiger partial charge in [0.1, 0.15) is 5.75 Å². The van der Waals surface area contributed by atoms with Gasteiger partial charge in [-0.3, -0.25) is 4.79 Å². The summed E-state index contributed by atoms with van der Waals surface area (Å²) < 4.78 is 16.4. The zero-order chi connectivity index (χ0) is 25.5. The minimum Gasteiger partial charge on any atom is -0.496 e. The van der Waals surface area contributed by atoms with Gasteiger partial charge in [0.15, 0.2) is 11.5 Å². The normalized spacial score (nSPS) is 11.8. The minimum atomic E-state index is -0.150. The van der Waals surface area contributed by atoms with Crippen LogP contribution in [0.25, 0.3) is 10.9 Å². The van der Waals surface area contributed by atoms with Crippen molar-refractivity contribution in [3.8, 4) is 17.2 Å². The maximum Gasteiger partial charge on any atom is 0.220 e. The number of rotatable bonds is 11. The molecule has 0 spiro atoms. The van der Waals surface area contributed by atoms with E-state index >= 15 is 0 Å². The predicted octanol–water partition coefficient (Wildman–Crippen LogP) is 5.64. The fourth-order valence-corrected chi connectivity index (χ4v) is 4.80. The van der Waals surface area contributed by atoms with Crippen molar-refractivity contribution in [3.63, 3.8) is 0 Å². The van der Waals surface area contributed by atoms with E-state index in [0.717, 1.165) is 39.8 Å². The molecule has 36 heavy (non-hydrogen) atoms. The second-order valence-corrected chi connectivity index (χ2v) is 8.73. The topological polar surface area (TPSA) is 72.6 Å². The first-order valence-electron chi connectivity index (χ1n) is 12.3. The third kappa shape index (κ3) is 5.33. The fraction of sp³-hybridized carbons (Fsp3) is 0.300. The van der Waals surface area contributed by atoms with E-state index in [4.69, 9.17) is 14.2 Å². The summed E-state index contributed by atoms with van der Waals surface area (Å²) in [6.45, 7) is 2.68. The SMILES string of the molecule is CCc1cccc2c([C@@H](CC(=O)NCCc3ccc(OC)c(OC)c3)c3ccccc3OC)c[nH]c12. The number of para-hydroxylation sites is 2. The van der Waals surface area contributed by atoms with Crippen molar-refractivity contribution in [2.24, 2.45) is 0 Å². The lowest BCUT2D eigenvalue weighted by Crippen LogP contribution is -2.27. The minimum absolute atomic E-state index is 0.00706. The van der Waals surface area contributed by atoms with Crippen LogP contribution in [0.1, 0.15) is 41.5 Å². The van der Waals surface area contributed by atoms with Crippen molar-refractivity contribution >= 4 is 16.8 Å². The number of aromatic nitrogens is 1. The van der Waals surface area contributed by atoms with Gasteiger partial charge in [-0.05, 0) is 47.7 Å². The van der Waals surface area contributed by atoms with Crippen molar-refractivity contribution in [3.05, 3.63) is 89.1 Å². The number of carbonyl (C=O) groups excluding carboxylic acids is 1. The zero-order valence-corrected chi connectivity index (χ0v) is 21.4. The van der Waals surface area contributed by atoms with Crippen LogP contribution in [0.3, 0.4) is 0 Å². The van der Waals surface area contributed by atoms with Gasteiger partial charge in [-0.1, -0.05) is 49.4 Å². The largest absolute Gasteiger partial charge is 0.496 e. The standard InChI is InChI=1S/C30H34N2O4/c1-5-21-9-8-11-23-25(19-32-30(21)23)24(22-10-6-7-12-26(22)34-2)18-29(33)31-16-15-20-13-14-27(35-3)28(17-20)36-4/h6-14,17,19,24,32H,5,15-16,18H2,1-4H3,(H,31,33)/t24-/m0/s1. The quantitative estimate of drug-likeness (QED) is 0.288. The van der Waals surface area contributed by atoms with E-state index in [1.807, 2.05) is 48.7 Å². The van der Waals surface area contributed by atoms with E-state index in [2.05, 4.69) is 35.4 Å².